The standard InChI is InChI=1S/C15H21ClN2O3/c1-3-13(15(19)20)18-9-10(8-17)6-11-7-12(16)4-5-14(11)21-2/h4-7,13,18H,3,8-9,17H2,1-2H3,(H,19,20). The van der Waals surface area contributed by atoms with Crippen LogP contribution in [0.15, 0.2) is 23.8 Å². The lowest BCUT2D eigenvalue weighted by Crippen LogP contribution is -2.37. The van der Waals surface area contributed by atoms with Crippen LogP contribution in [0.1, 0.15) is 18.9 Å². The van der Waals surface area contributed by atoms with Crippen molar-refractivity contribution in [1.82, 2.24) is 5.32 Å². The van der Waals surface area contributed by atoms with Gasteiger partial charge in [0.05, 0.1) is 7.11 Å². The number of methoxy groups -OCH3 is 1. The third-order valence-electron chi connectivity index (χ3n) is 3.10. The molecule has 0 fully saturated rings. The monoisotopic (exact) mass is 312 g/mol. The summed E-state index contributed by atoms with van der Waals surface area (Å²) in [6.07, 6.45) is 2.37. The van der Waals surface area contributed by atoms with Gasteiger partial charge in [0.25, 0.3) is 0 Å². The number of nitrogens with one attached hydrogen (secondary N) is 1. The molecule has 0 saturated carbocycles. The van der Waals surface area contributed by atoms with Gasteiger partial charge < -0.3 is 20.9 Å². The van der Waals surface area contributed by atoms with Crippen LogP contribution in [-0.4, -0.2) is 37.3 Å². The molecule has 0 aliphatic carbocycles. The lowest BCUT2D eigenvalue weighted by molar-refractivity contribution is -0.139. The number of carboxylic acid groups (broad SMARTS) is 1. The fourth-order valence-electron chi connectivity index (χ4n) is 1.88. The van der Waals surface area contributed by atoms with Gasteiger partial charge in [0.1, 0.15) is 11.8 Å². The van der Waals surface area contributed by atoms with E-state index in [0.29, 0.717) is 30.3 Å². The van der Waals surface area contributed by atoms with Gasteiger partial charge in [0, 0.05) is 23.7 Å². The van der Waals surface area contributed by atoms with Crippen LogP contribution in [-0.2, 0) is 4.79 Å². The van der Waals surface area contributed by atoms with Gasteiger partial charge in [0.15, 0.2) is 0 Å². The fraction of sp³-hybridized carbons (Fsp3) is 0.400. The van der Waals surface area contributed by atoms with Crippen molar-refractivity contribution in [3.8, 4) is 5.75 Å². The van der Waals surface area contributed by atoms with Gasteiger partial charge in [-0.1, -0.05) is 18.5 Å². The minimum atomic E-state index is -0.866. The smallest absolute Gasteiger partial charge is 0.320 e. The Bertz CT molecular complexity index is 518. The van der Waals surface area contributed by atoms with E-state index in [1.807, 2.05) is 13.0 Å². The second kappa shape index (κ2) is 8.67. The second-order valence-electron chi connectivity index (χ2n) is 4.57. The number of hydrogen-bond donors (Lipinski definition) is 3. The maximum atomic E-state index is 11.0. The van der Waals surface area contributed by atoms with Crippen molar-refractivity contribution in [2.45, 2.75) is 19.4 Å². The highest BCUT2D eigenvalue weighted by Gasteiger charge is 2.14. The van der Waals surface area contributed by atoms with Gasteiger partial charge >= 0.3 is 5.97 Å². The fourth-order valence-corrected chi connectivity index (χ4v) is 2.06. The average molecular weight is 313 g/mol. The predicted octanol–water partition coefficient (Wildman–Crippen LogP) is 2.14. The number of nitrogens with two attached hydrogens (primary N) is 1. The summed E-state index contributed by atoms with van der Waals surface area (Å²) >= 11 is 5.98. The van der Waals surface area contributed by atoms with Crippen molar-refractivity contribution >= 4 is 23.6 Å². The summed E-state index contributed by atoms with van der Waals surface area (Å²) in [7, 11) is 1.58. The van der Waals surface area contributed by atoms with Gasteiger partial charge in [0.2, 0.25) is 0 Å². The van der Waals surface area contributed by atoms with Crippen LogP contribution < -0.4 is 15.8 Å². The van der Waals surface area contributed by atoms with Crippen molar-refractivity contribution in [2.24, 2.45) is 5.73 Å². The number of aliphatic carboxylic acids is 1. The van der Waals surface area contributed by atoms with Crippen molar-refractivity contribution < 1.29 is 14.6 Å². The van der Waals surface area contributed by atoms with Gasteiger partial charge in [-0.3, -0.25) is 4.79 Å². The molecule has 0 spiro atoms. The molecule has 0 amide bonds. The van der Waals surface area contributed by atoms with Crippen LogP contribution in [0, 0.1) is 0 Å². The molecular formula is C15H21ClN2O3. The summed E-state index contributed by atoms with van der Waals surface area (Å²) in [5.74, 6) is -0.176. The minimum absolute atomic E-state index is 0.318. The number of rotatable bonds is 8. The van der Waals surface area contributed by atoms with Crippen LogP contribution in [0.5, 0.6) is 5.75 Å². The molecule has 0 heterocycles. The van der Waals surface area contributed by atoms with Crippen molar-refractivity contribution in [2.75, 3.05) is 20.2 Å². The molecule has 1 rings (SSSR count). The molecule has 0 saturated heterocycles. The maximum absolute atomic E-state index is 11.0. The maximum Gasteiger partial charge on any atom is 0.320 e. The highest BCUT2D eigenvalue weighted by atomic mass is 35.5. The van der Waals surface area contributed by atoms with E-state index in [0.717, 1.165) is 11.1 Å². The van der Waals surface area contributed by atoms with E-state index < -0.39 is 12.0 Å². The van der Waals surface area contributed by atoms with E-state index in [1.54, 1.807) is 25.3 Å². The first-order valence-corrected chi connectivity index (χ1v) is 7.08. The number of benzene rings is 1. The van der Waals surface area contributed by atoms with Crippen molar-refractivity contribution in [1.29, 1.82) is 0 Å². The summed E-state index contributed by atoms with van der Waals surface area (Å²) in [4.78, 5) is 11.0. The van der Waals surface area contributed by atoms with Crippen LogP contribution in [0.4, 0.5) is 0 Å². The third kappa shape index (κ3) is 5.38. The molecule has 0 aliphatic heterocycles. The Morgan fingerprint density at radius 1 is 1.57 bits per heavy atom. The van der Waals surface area contributed by atoms with E-state index in [4.69, 9.17) is 27.2 Å². The van der Waals surface area contributed by atoms with Crippen LogP contribution in [0.2, 0.25) is 5.02 Å². The molecule has 0 aliphatic rings. The normalized spacial score (nSPS) is 13.0. The number of ether oxygens (including phenoxy) is 1. The summed E-state index contributed by atoms with van der Waals surface area (Å²) in [6.45, 7) is 2.54. The Morgan fingerprint density at radius 3 is 2.81 bits per heavy atom. The molecule has 0 bridgehead atoms. The molecule has 1 aromatic rings. The first-order chi connectivity index (χ1) is 10.0. The average Bonchev–Trinajstić information content (AvgIpc) is 2.46. The number of hydrogen-bond acceptors (Lipinski definition) is 4. The minimum Gasteiger partial charge on any atom is -0.496 e. The number of carbonyl (C=O) groups is 1. The zero-order valence-corrected chi connectivity index (χ0v) is 13.0. The zero-order chi connectivity index (χ0) is 15.8. The Labute approximate surface area is 129 Å². The highest BCUT2D eigenvalue weighted by Crippen LogP contribution is 2.24. The van der Waals surface area contributed by atoms with Crippen LogP contribution in [0.25, 0.3) is 6.08 Å². The molecule has 4 N–H and O–H groups in total. The predicted molar refractivity (Wildman–Crippen MR) is 84.8 cm³/mol. The van der Waals surface area contributed by atoms with Crippen LogP contribution in [0.3, 0.4) is 0 Å². The second-order valence-corrected chi connectivity index (χ2v) is 5.01. The molecule has 1 atom stereocenters. The lowest BCUT2D eigenvalue weighted by Gasteiger charge is -2.14. The first-order valence-electron chi connectivity index (χ1n) is 6.71. The van der Waals surface area contributed by atoms with Gasteiger partial charge in [-0.05, 0) is 36.3 Å². The summed E-state index contributed by atoms with van der Waals surface area (Å²) < 4.78 is 5.27. The topological polar surface area (TPSA) is 84.6 Å². The Morgan fingerprint density at radius 2 is 2.29 bits per heavy atom. The summed E-state index contributed by atoms with van der Waals surface area (Å²) in [5.41, 5.74) is 7.41. The van der Waals surface area contributed by atoms with Gasteiger partial charge in [-0.25, -0.2) is 0 Å². The summed E-state index contributed by atoms with van der Waals surface area (Å²) in [6, 6.07) is 4.73. The first kappa shape index (κ1) is 17.5. The summed E-state index contributed by atoms with van der Waals surface area (Å²) in [5, 5.41) is 12.6. The zero-order valence-electron chi connectivity index (χ0n) is 12.2. The lowest BCUT2D eigenvalue weighted by atomic mass is 10.1. The number of carboxylic acids is 1. The van der Waals surface area contributed by atoms with Gasteiger partial charge in [-0.15, -0.1) is 0 Å². The van der Waals surface area contributed by atoms with E-state index >= 15 is 0 Å². The Balaban J connectivity index is 2.89. The van der Waals surface area contributed by atoms with E-state index in [1.165, 1.54) is 0 Å². The van der Waals surface area contributed by atoms with E-state index in [9.17, 15) is 4.79 Å². The van der Waals surface area contributed by atoms with E-state index in [-0.39, 0.29) is 0 Å². The van der Waals surface area contributed by atoms with E-state index in [2.05, 4.69) is 5.32 Å². The van der Waals surface area contributed by atoms with Gasteiger partial charge in [-0.2, -0.15) is 0 Å². The Kier molecular flexibility index (Phi) is 7.22. The van der Waals surface area contributed by atoms with Crippen LogP contribution >= 0.6 is 11.6 Å². The highest BCUT2D eigenvalue weighted by molar-refractivity contribution is 6.30. The quantitative estimate of drug-likeness (QED) is 0.685. The number of halogens is 1. The molecule has 0 aromatic heterocycles. The molecule has 1 aromatic carbocycles. The SMILES string of the molecule is CCC(NCC(=Cc1cc(Cl)ccc1OC)CN)C(=O)O. The Hall–Kier alpha value is -1.56. The molecule has 5 nitrogen and oxygen atoms in total. The largest absolute Gasteiger partial charge is 0.496 e. The third-order valence-corrected chi connectivity index (χ3v) is 3.33. The molecule has 6 heteroatoms. The molecule has 0 radical (unpaired) electrons. The van der Waals surface area contributed by atoms with Crippen molar-refractivity contribution in [3.63, 3.8) is 0 Å². The molecule has 1 unspecified atom stereocenters. The van der Waals surface area contributed by atoms with Crippen molar-refractivity contribution in [3.05, 3.63) is 34.4 Å². The molecule has 116 valence electrons. The molecule has 21 heavy (non-hydrogen) atoms. The molecular weight excluding hydrogens is 292 g/mol.